The average molecular weight is 490 g/mol. The minimum atomic E-state index is -0.485. The molecule has 6 nitrogen and oxygen atoms in total. The Hall–Kier alpha value is -3.29. The van der Waals surface area contributed by atoms with Crippen LogP contribution in [0.2, 0.25) is 5.02 Å². The van der Waals surface area contributed by atoms with Gasteiger partial charge < -0.3 is 5.32 Å². The van der Waals surface area contributed by atoms with E-state index in [1.54, 1.807) is 11.3 Å². The second-order valence-electron chi connectivity index (χ2n) is 8.35. The number of thiophene rings is 1. The molecule has 5 rings (SSSR count). The predicted molar refractivity (Wildman–Crippen MR) is 138 cm³/mol. The molecule has 2 aromatic carbocycles. The summed E-state index contributed by atoms with van der Waals surface area (Å²) in [6.45, 7) is 6.07. The van der Waals surface area contributed by atoms with E-state index in [1.807, 2.05) is 62.4 Å². The number of halogens is 1. The van der Waals surface area contributed by atoms with Gasteiger partial charge in [-0.2, -0.15) is 0 Å². The number of hydrogen-bond donors (Lipinski definition) is 1. The predicted octanol–water partition coefficient (Wildman–Crippen LogP) is 6.08. The van der Waals surface area contributed by atoms with E-state index in [0.29, 0.717) is 10.8 Å². The van der Waals surface area contributed by atoms with E-state index in [1.165, 1.54) is 4.88 Å². The lowest BCUT2D eigenvalue weighted by atomic mass is 10.0. The first-order chi connectivity index (χ1) is 16.4. The van der Waals surface area contributed by atoms with Gasteiger partial charge in [0.05, 0.1) is 12.1 Å². The molecule has 8 heteroatoms. The third kappa shape index (κ3) is 4.29. The molecule has 0 radical (unpaired) electrons. The molecular weight excluding hydrogens is 466 g/mol. The number of carbonyl (C=O) groups excluding carboxylic acids is 1. The highest BCUT2D eigenvalue weighted by Gasteiger charge is 2.31. The van der Waals surface area contributed by atoms with E-state index in [9.17, 15) is 4.79 Å². The number of fused-ring (bicyclic) bond motifs is 3. The highest BCUT2D eigenvalue weighted by atomic mass is 35.5. The third-order valence-electron chi connectivity index (χ3n) is 5.80. The Labute approximate surface area is 207 Å². The normalized spacial score (nSPS) is 14.7. The standard InChI is InChI=1S/C26H24ClN5OS/c1-4-20-13-21-24(17-8-10-18(27)11-9-17)29-22(25-31-30-16(3)32(25)26(21)34-20)14-23(33)28-19-7-5-6-15(2)12-19/h5-13,22H,4,14H2,1-3H3,(H,28,33). The van der Waals surface area contributed by atoms with Gasteiger partial charge in [-0.3, -0.25) is 14.4 Å². The molecule has 1 atom stereocenters. The van der Waals surface area contributed by atoms with Crippen LogP contribution >= 0.6 is 22.9 Å². The molecule has 1 aliphatic rings. The maximum absolute atomic E-state index is 13.1. The number of aliphatic imine (C=N–C) groups is 1. The molecule has 0 saturated heterocycles. The van der Waals surface area contributed by atoms with Crippen molar-refractivity contribution in [3.8, 4) is 5.00 Å². The van der Waals surface area contributed by atoms with Gasteiger partial charge in [-0.25, -0.2) is 0 Å². The van der Waals surface area contributed by atoms with Crippen LogP contribution < -0.4 is 5.32 Å². The van der Waals surface area contributed by atoms with Crippen molar-refractivity contribution in [3.63, 3.8) is 0 Å². The van der Waals surface area contributed by atoms with Crippen molar-refractivity contribution in [1.82, 2.24) is 14.8 Å². The van der Waals surface area contributed by atoms with Gasteiger partial charge >= 0.3 is 0 Å². The zero-order valence-electron chi connectivity index (χ0n) is 19.2. The summed E-state index contributed by atoms with van der Waals surface area (Å²) in [4.78, 5) is 19.4. The van der Waals surface area contributed by atoms with Crippen molar-refractivity contribution >= 4 is 40.2 Å². The monoisotopic (exact) mass is 489 g/mol. The molecule has 0 bridgehead atoms. The summed E-state index contributed by atoms with van der Waals surface area (Å²) in [6.07, 6.45) is 1.07. The van der Waals surface area contributed by atoms with E-state index >= 15 is 0 Å². The summed E-state index contributed by atoms with van der Waals surface area (Å²) in [7, 11) is 0. The zero-order chi connectivity index (χ0) is 23.8. The number of amides is 1. The van der Waals surface area contributed by atoms with Crippen molar-refractivity contribution in [2.45, 2.75) is 39.7 Å². The maximum Gasteiger partial charge on any atom is 0.227 e. The number of anilines is 1. The number of nitrogens with zero attached hydrogens (tertiary/aromatic N) is 4. The average Bonchev–Trinajstić information content (AvgIpc) is 3.37. The Kier molecular flexibility index (Phi) is 6.06. The molecule has 3 heterocycles. The highest BCUT2D eigenvalue weighted by Crippen LogP contribution is 2.37. The molecule has 172 valence electrons. The number of nitrogens with one attached hydrogen (secondary N) is 1. The van der Waals surface area contributed by atoms with Crippen LogP contribution in [0.3, 0.4) is 0 Å². The van der Waals surface area contributed by atoms with E-state index in [2.05, 4.69) is 33.1 Å². The smallest absolute Gasteiger partial charge is 0.227 e. The molecule has 1 amide bonds. The van der Waals surface area contributed by atoms with Crippen LogP contribution in [0, 0.1) is 13.8 Å². The Morgan fingerprint density at radius 1 is 1.12 bits per heavy atom. The Morgan fingerprint density at radius 2 is 1.91 bits per heavy atom. The lowest BCUT2D eigenvalue weighted by molar-refractivity contribution is -0.116. The van der Waals surface area contributed by atoms with E-state index in [-0.39, 0.29) is 12.3 Å². The number of aromatic nitrogens is 3. The van der Waals surface area contributed by atoms with Gasteiger partial charge in [0.1, 0.15) is 16.9 Å². The fourth-order valence-corrected chi connectivity index (χ4v) is 5.43. The van der Waals surface area contributed by atoms with Crippen LogP contribution in [-0.4, -0.2) is 26.4 Å². The van der Waals surface area contributed by atoms with Crippen molar-refractivity contribution in [1.29, 1.82) is 0 Å². The van der Waals surface area contributed by atoms with Crippen LogP contribution in [-0.2, 0) is 11.2 Å². The van der Waals surface area contributed by atoms with Crippen LogP contribution in [0.1, 0.15) is 52.6 Å². The fourth-order valence-electron chi connectivity index (χ4n) is 4.16. The SMILES string of the molecule is CCc1cc2c(s1)-n1c(C)nnc1C(CC(=O)Nc1cccc(C)c1)N=C2c1ccc(Cl)cc1. The minimum Gasteiger partial charge on any atom is -0.326 e. The van der Waals surface area contributed by atoms with E-state index in [0.717, 1.165) is 45.3 Å². The number of hydrogen-bond acceptors (Lipinski definition) is 5. The van der Waals surface area contributed by atoms with Crippen molar-refractivity contribution in [2.24, 2.45) is 4.99 Å². The fraction of sp³-hybridized carbons (Fsp3) is 0.231. The Morgan fingerprint density at radius 3 is 2.65 bits per heavy atom. The molecular formula is C26H24ClN5OS. The minimum absolute atomic E-state index is 0.124. The van der Waals surface area contributed by atoms with Gasteiger partial charge in [0.25, 0.3) is 0 Å². The summed E-state index contributed by atoms with van der Waals surface area (Å²) < 4.78 is 2.05. The van der Waals surface area contributed by atoms with E-state index in [4.69, 9.17) is 16.6 Å². The molecule has 0 saturated carbocycles. The van der Waals surface area contributed by atoms with Gasteiger partial charge in [0, 0.05) is 26.7 Å². The third-order valence-corrected chi connectivity index (χ3v) is 7.32. The van der Waals surface area contributed by atoms with Crippen molar-refractivity contribution < 1.29 is 4.79 Å². The zero-order valence-corrected chi connectivity index (χ0v) is 20.7. The number of aryl methyl sites for hydroxylation is 3. The highest BCUT2D eigenvalue weighted by molar-refractivity contribution is 7.15. The molecule has 2 aromatic heterocycles. The van der Waals surface area contributed by atoms with Crippen LogP contribution in [0.5, 0.6) is 0 Å². The first-order valence-electron chi connectivity index (χ1n) is 11.2. The Balaban J connectivity index is 1.59. The summed E-state index contributed by atoms with van der Waals surface area (Å²) in [5.41, 5.74) is 4.66. The van der Waals surface area contributed by atoms with Gasteiger partial charge in [0.2, 0.25) is 5.91 Å². The quantitative estimate of drug-likeness (QED) is 0.369. The number of rotatable bonds is 5. The van der Waals surface area contributed by atoms with Crippen molar-refractivity contribution in [3.05, 3.63) is 92.8 Å². The molecule has 1 aliphatic heterocycles. The lowest BCUT2D eigenvalue weighted by Crippen LogP contribution is -2.17. The molecule has 4 aromatic rings. The molecule has 34 heavy (non-hydrogen) atoms. The maximum atomic E-state index is 13.1. The van der Waals surface area contributed by atoms with Gasteiger partial charge in [0.15, 0.2) is 5.82 Å². The van der Waals surface area contributed by atoms with Gasteiger partial charge in [-0.15, -0.1) is 21.5 Å². The van der Waals surface area contributed by atoms with E-state index < -0.39 is 6.04 Å². The van der Waals surface area contributed by atoms with Crippen LogP contribution in [0.4, 0.5) is 5.69 Å². The summed E-state index contributed by atoms with van der Waals surface area (Å²) >= 11 is 7.87. The first kappa shape index (κ1) is 22.5. The lowest BCUT2D eigenvalue weighted by Gasteiger charge is -2.13. The largest absolute Gasteiger partial charge is 0.326 e. The summed E-state index contributed by atoms with van der Waals surface area (Å²) in [6, 6.07) is 17.1. The number of benzene rings is 2. The summed E-state index contributed by atoms with van der Waals surface area (Å²) in [5.74, 6) is 1.32. The molecule has 0 spiro atoms. The Bertz CT molecular complexity index is 1400. The summed E-state index contributed by atoms with van der Waals surface area (Å²) in [5, 5.41) is 13.5. The second-order valence-corrected chi connectivity index (χ2v) is 9.90. The molecule has 1 N–H and O–H groups in total. The number of carbonyl (C=O) groups is 1. The second kappa shape index (κ2) is 9.16. The van der Waals surface area contributed by atoms with Gasteiger partial charge in [-0.05, 0) is 56.2 Å². The first-order valence-corrected chi connectivity index (χ1v) is 12.4. The topological polar surface area (TPSA) is 72.2 Å². The van der Waals surface area contributed by atoms with Crippen LogP contribution in [0.15, 0.2) is 59.6 Å². The van der Waals surface area contributed by atoms with Gasteiger partial charge in [-0.1, -0.05) is 42.8 Å². The molecule has 1 unspecified atom stereocenters. The molecule has 0 fully saturated rings. The van der Waals surface area contributed by atoms with Crippen LogP contribution in [0.25, 0.3) is 5.00 Å². The molecule has 0 aliphatic carbocycles. The van der Waals surface area contributed by atoms with Crippen molar-refractivity contribution in [2.75, 3.05) is 5.32 Å².